The van der Waals surface area contributed by atoms with Gasteiger partial charge >= 0.3 is 0 Å². The lowest BCUT2D eigenvalue weighted by Crippen LogP contribution is -2.35. The number of carbonyl (C=O) groups is 1. The molecule has 0 aliphatic rings. The van der Waals surface area contributed by atoms with Crippen LogP contribution in [0.2, 0.25) is 0 Å². The molecule has 8 heteroatoms. The van der Waals surface area contributed by atoms with E-state index in [4.69, 9.17) is 10.5 Å². The molecule has 0 bridgehead atoms. The number of nitrogens with two attached hydrogens (primary N) is 1. The molecule has 1 aromatic heterocycles. The third-order valence-corrected chi connectivity index (χ3v) is 1.83. The van der Waals surface area contributed by atoms with Crippen LogP contribution in [0.4, 0.5) is 5.13 Å². The molecule has 1 heterocycles. The molecule has 0 spiro atoms. The fraction of sp³-hybridized carbons (Fsp3) is 0.600. The normalized spacial score (nSPS) is 12.5. The number of rotatable bonds is 4. The van der Waals surface area contributed by atoms with Crippen molar-refractivity contribution in [2.45, 2.75) is 6.10 Å². The second-order valence-electron chi connectivity index (χ2n) is 2.12. The maximum atomic E-state index is 11.3. The molecule has 0 aliphatic carbocycles. The van der Waals surface area contributed by atoms with Crippen LogP contribution in [0.3, 0.4) is 0 Å². The van der Waals surface area contributed by atoms with Gasteiger partial charge in [0.15, 0.2) is 0 Å². The summed E-state index contributed by atoms with van der Waals surface area (Å²) in [5.74, 6) is -0.344. The van der Waals surface area contributed by atoms with Gasteiger partial charge in [0.1, 0.15) is 6.10 Å². The monoisotopic (exact) mass is 203 g/mol. The molecular weight excluding hydrogens is 194 g/mol. The second-order valence-corrected chi connectivity index (χ2v) is 2.85. The molecule has 1 aromatic rings. The van der Waals surface area contributed by atoms with Crippen LogP contribution in [0.1, 0.15) is 0 Å². The first kappa shape index (κ1) is 9.96. The number of carbonyl (C=O) groups excluding carboxylic acids is 1. The first-order chi connectivity index (χ1) is 6.27. The van der Waals surface area contributed by atoms with Crippen LogP contribution in [0, 0.1) is 0 Å². The van der Waals surface area contributed by atoms with Crippen molar-refractivity contribution < 1.29 is 9.53 Å². The lowest BCUT2D eigenvalue weighted by molar-refractivity contribution is -0.125. The summed E-state index contributed by atoms with van der Waals surface area (Å²) in [6.45, 7) is 0.120. The maximum Gasteiger partial charge on any atom is 0.256 e. The Morgan fingerprint density at radius 2 is 2.62 bits per heavy atom. The molecule has 1 rings (SSSR count). The maximum absolute atomic E-state index is 11.3. The van der Waals surface area contributed by atoms with E-state index >= 15 is 0 Å². The number of nitrogens with one attached hydrogen (secondary N) is 1. The topological polar surface area (TPSA) is 103 Å². The molecule has 0 aliphatic heterocycles. The summed E-state index contributed by atoms with van der Waals surface area (Å²) < 4.78 is 8.29. The smallest absolute Gasteiger partial charge is 0.256 e. The van der Waals surface area contributed by atoms with Gasteiger partial charge in [-0.2, -0.15) is 0 Å². The average Bonchev–Trinajstić information content (AvgIpc) is 2.59. The van der Waals surface area contributed by atoms with Gasteiger partial charge in [-0.05, 0) is 5.21 Å². The van der Waals surface area contributed by atoms with E-state index in [1.807, 2.05) is 0 Å². The van der Waals surface area contributed by atoms with E-state index in [1.54, 1.807) is 0 Å². The highest BCUT2D eigenvalue weighted by atomic mass is 32.1. The summed E-state index contributed by atoms with van der Waals surface area (Å²) in [6.07, 6.45) is -0.663. The Balaban J connectivity index is 2.49. The lowest BCUT2D eigenvalue weighted by atomic mass is 10.3. The number of hydrogen-bond acceptors (Lipinski definition) is 7. The van der Waals surface area contributed by atoms with Crippen LogP contribution in [0.5, 0.6) is 0 Å². The van der Waals surface area contributed by atoms with Gasteiger partial charge in [0.05, 0.1) is 0 Å². The molecule has 13 heavy (non-hydrogen) atoms. The minimum Gasteiger partial charge on any atom is -0.370 e. The molecule has 0 aromatic carbocycles. The van der Waals surface area contributed by atoms with E-state index in [2.05, 4.69) is 20.1 Å². The van der Waals surface area contributed by atoms with Crippen LogP contribution in [-0.2, 0) is 9.53 Å². The van der Waals surface area contributed by atoms with Crippen LogP contribution >= 0.6 is 11.5 Å². The zero-order valence-electron chi connectivity index (χ0n) is 6.93. The summed E-state index contributed by atoms with van der Waals surface area (Å²) in [4.78, 5) is 11.3. The summed E-state index contributed by atoms with van der Waals surface area (Å²) in [7, 11) is 1.41. The lowest BCUT2D eigenvalue weighted by Gasteiger charge is -2.10. The van der Waals surface area contributed by atoms with Crippen LogP contribution in [0.15, 0.2) is 0 Å². The number of nitrogens with zero attached hydrogens (tertiary/aromatic N) is 3. The third kappa shape index (κ3) is 2.68. The van der Waals surface area contributed by atoms with Gasteiger partial charge in [-0.25, -0.2) is 0 Å². The van der Waals surface area contributed by atoms with E-state index < -0.39 is 6.10 Å². The summed E-state index contributed by atoms with van der Waals surface area (Å²) in [5.41, 5.74) is 5.28. The van der Waals surface area contributed by atoms with Gasteiger partial charge in [-0.1, -0.05) is 9.59 Å². The first-order valence-corrected chi connectivity index (χ1v) is 4.24. The predicted molar refractivity (Wildman–Crippen MR) is 46.2 cm³/mol. The van der Waals surface area contributed by atoms with Crippen molar-refractivity contribution in [2.24, 2.45) is 5.73 Å². The molecule has 1 amide bonds. The van der Waals surface area contributed by atoms with Crippen LogP contribution in [0.25, 0.3) is 0 Å². The summed E-state index contributed by atoms with van der Waals surface area (Å²) in [6, 6.07) is 0. The molecule has 1 atom stereocenters. The molecular formula is C5H9N5O2S. The quantitative estimate of drug-likeness (QED) is 0.640. The Hall–Kier alpha value is -1.12. The van der Waals surface area contributed by atoms with E-state index in [9.17, 15) is 4.79 Å². The van der Waals surface area contributed by atoms with Crippen molar-refractivity contribution in [2.75, 3.05) is 19.0 Å². The zero-order valence-corrected chi connectivity index (χ0v) is 7.74. The Kier molecular flexibility index (Phi) is 3.68. The Labute approximate surface area is 78.4 Å². The van der Waals surface area contributed by atoms with Gasteiger partial charge in [-0.3, -0.25) is 10.1 Å². The van der Waals surface area contributed by atoms with E-state index in [0.29, 0.717) is 5.13 Å². The van der Waals surface area contributed by atoms with Gasteiger partial charge in [0.25, 0.3) is 5.91 Å². The van der Waals surface area contributed by atoms with Crippen LogP contribution < -0.4 is 11.1 Å². The highest BCUT2D eigenvalue weighted by Gasteiger charge is 2.16. The number of aromatic nitrogens is 3. The van der Waals surface area contributed by atoms with Crippen molar-refractivity contribution in [1.82, 2.24) is 14.8 Å². The zero-order chi connectivity index (χ0) is 9.68. The first-order valence-electron chi connectivity index (χ1n) is 3.46. The fourth-order valence-electron chi connectivity index (χ4n) is 0.678. The molecule has 72 valence electrons. The molecule has 0 saturated carbocycles. The van der Waals surface area contributed by atoms with Gasteiger partial charge in [0, 0.05) is 25.2 Å². The Bertz CT molecular complexity index is 260. The molecule has 0 saturated heterocycles. The Morgan fingerprint density at radius 1 is 1.85 bits per heavy atom. The van der Waals surface area contributed by atoms with E-state index in [0.717, 1.165) is 11.5 Å². The van der Waals surface area contributed by atoms with Crippen molar-refractivity contribution in [3.63, 3.8) is 0 Å². The molecule has 1 unspecified atom stereocenters. The number of hydrogen-bond donors (Lipinski definition) is 2. The Morgan fingerprint density at radius 3 is 3.08 bits per heavy atom. The van der Waals surface area contributed by atoms with Crippen molar-refractivity contribution in [3.8, 4) is 0 Å². The summed E-state index contributed by atoms with van der Waals surface area (Å²) in [5, 5.41) is 9.65. The summed E-state index contributed by atoms with van der Waals surface area (Å²) >= 11 is 0.989. The highest BCUT2D eigenvalue weighted by Crippen LogP contribution is 2.05. The number of ether oxygens (including phenoxy) is 1. The standard InChI is InChI=1S/C5H9N5O2S/c1-12-3(2-6)4(11)7-5-8-9-10-13-5/h3H,2,6H2,1H3,(H,7,8,10,11). The van der Waals surface area contributed by atoms with Gasteiger partial charge in [-0.15, -0.1) is 0 Å². The number of amides is 1. The minimum atomic E-state index is -0.663. The molecule has 0 fully saturated rings. The fourth-order valence-corrected chi connectivity index (χ4v) is 1.05. The minimum absolute atomic E-state index is 0.120. The second kappa shape index (κ2) is 4.80. The van der Waals surface area contributed by atoms with Crippen molar-refractivity contribution in [3.05, 3.63) is 0 Å². The predicted octanol–water partition coefficient (Wildman–Crippen LogP) is -1.15. The molecule has 3 N–H and O–H groups in total. The number of methoxy groups -OCH3 is 1. The van der Waals surface area contributed by atoms with E-state index in [1.165, 1.54) is 7.11 Å². The SMILES string of the molecule is COC(CN)C(=O)Nc1nnns1. The van der Waals surface area contributed by atoms with E-state index in [-0.39, 0.29) is 12.5 Å². The van der Waals surface area contributed by atoms with Crippen molar-refractivity contribution in [1.29, 1.82) is 0 Å². The highest BCUT2D eigenvalue weighted by molar-refractivity contribution is 7.09. The van der Waals surface area contributed by atoms with Gasteiger partial charge in [0.2, 0.25) is 5.13 Å². The third-order valence-electron chi connectivity index (χ3n) is 1.32. The molecule has 0 radical (unpaired) electrons. The molecule has 7 nitrogen and oxygen atoms in total. The van der Waals surface area contributed by atoms with Crippen molar-refractivity contribution >= 4 is 22.6 Å². The number of anilines is 1. The largest absolute Gasteiger partial charge is 0.370 e. The van der Waals surface area contributed by atoms with Gasteiger partial charge < -0.3 is 10.5 Å². The van der Waals surface area contributed by atoms with Crippen LogP contribution in [-0.4, -0.2) is 40.5 Å². The average molecular weight is 203 g/mol.